The number of amides is 1. The molecule has 4 aromatic rings. The van der Waals surface area contributed by atoms with Crippen LogP contribution in [0.15, 0.2) is 108 Å². The zero-order chi connectivity index (χ0) is 26.6. The van der Waals surface area contributed by atoms with Crippen molar-refractivity contribution in [3.05, 3.63) is 135 Å². The fourth-order valence-corrected chi connectivity index (χ4v) is 6.19. The highest BCUT2D eigenvalue weighted by atomic mass is 79.9. The van der Waals surface area contributed by atoms with E-state index >= 15 is 0 Å². The predicted molar refractivity (Wildman–Crippen MR) is 162 cm³/mol. The SMILES string of the molecule is O=C1c2cc(N3CCN(CCC(c4ccccc4)c4ccccc4)CC3)ccc2CN1Cc1ccc(Br)cc1. The smallest absolute Gasteiger partial charge is 0.254 e. The third-order valence-electron chi connectivity index (χ3n) is 8.13. The van der Waals surface area contributed by atoms with Gasteiger partial charge in [0.25, 0.3) is 5.91 Å². The number of anilines is 1. The quantitative estimate of drug-likeness (QED) is 0.226. The Hall–Kier alpha value is -3.41. The first-order valence-corrected chi connectivity index (χ1v) is 14.7. The van der Waals surface area contributed by atoms with Crippen LogP contribution in [0.5, 0.6) is 0 Å². The second kappa shape index (κ2) is 11.8. The van der Waals surface area contributed by atoms with Crippen LogP contribution in [0.2, 0.25) is 0 Å². The predicted octanol–water partition coefficient (Wildman–Crippen LogP) is 6.95. The molecule has 0 atom stereocenters. The van der Waals surface area contributed by atoms with E-state index in [1.54, 1.807) is 0 Å². The summed E-state index contributed by atoms with van der Waals surface area (Å²) in [4.78, 5) is 20.2. The number of fused-ring (bicyclic) bond motifs is 1. The van der Waals surface area contributed by atoms with Crippen molar-refractivity contribution < 1.29 is 4.79 Å². The van der Waals surface area contributed by atoms with E-state index in [0.717, 1.165) is 60.3 Å². The lowest BCUT2D eigenvalue weighted by Crippen LogP contribution is -2.46. The molecule has 5 heteroatoms. The fraction of sp³-hybridized carbons (Fsp3) is 0.265. The van der Waals surface area contributed by atoms with Crippen molar-refractivity contribution in [1.82, 2.24) is 9.80 Å². The van der Waals surface area contributed by atoms with Gasteiger partial charge in [0.1, 0.15) is 0 Å². The number of hydrogen-bond acceptors (Lipinski definition) is 3. The lowest BCUT2D eigenvalue weighted by atomic mass is 9.88. The molecule has 198 valence electrons. The minimum atomic E-state index is 0.140. The molecule has 2 aliphatic rings. The van der Waals surface area contributed by atoms with E-state index in [9.17, 15) is 4.79 Å². The lowest BCUT2D eigenvalue weighted by molar-refractivity contribution is 0.0766. The molecule has 0 unspecified atom stereocenters. The Morgan fingerprint density at radius 3 is 2.03 bits per heavy atom. The number of nitrogens with zero attached hydrogens (tertiary/aromatic N) is 3. The fourth-order valence-electron chi connectivity index (χ4n) is 5.92. The van der Waals surface area contributed by atoms with Gasteiger partial charge in [-0.3, -0.25) is 9.69 Å². The summed E-state index contributed by atoms with van der Waals surface area (Å²) in [6, 6.07) is 36.5. The highest BCUT2D eigenvalue weighted by molar-refractivity contribution is 9.10. The normalized spacial score (nSPS) is 15.7. The summed E-state index contributed by atoms with van der Waals surface area (Å²) < 4.78 is 1.05. The van der Waals surface area contributed by atoms with Crippen LogP contribution in [0.1, 0.15) is 45.0 Å². The number of carbonyl (C=O) groups is 1. The molecule has 1 amide bonds. The van der Waals surface area contributed by atoms with Gasteiger partial charge in [-0.05, 0) is 59.5 Å². The van der Waals surface area contributed by atoms with Crippen LogP contribution in [-0.2, 0) is 13.1 Å². The van der Waals surface area contributed by atoms with Crippen molar-refractivity contribution in [1.29, 1.82) is 0 Å². The van der Waals surface area contributed by atoms with Gasteiger partial charge in [-0.1, -0.05) is 94.8 Å². The second-order valence-electron chi connectivity index (χ2n) is 10.6. The highest BCUT2D eigenvalue weighted by Gasteiger charge is 2.29. The molecule has 1 saturated heterocycles. The molecule has 0 radical (unpaired) electrons. The van der Waals surface area contributed by atoms with Crippen molar-refractivity contribution in [3.8, 4) is 0 Å². The van der Waals surface area contributed by atoms with Gasteiger partial charge in [0.05, 0.1) is 0 Å². The Kier molecular flexibility index (Phi) is 7.80. The Balaban J connectivity index is 1.06. The molecule has 4 nitrogen and oxygen atoms in total. The van der Waals surface area contributed by atoms with E-state index in [0.29, 0.717) is 19.0 Å². The number of benzene rings is 4. The average Bonchev–Trinajstić information content (AvgIpc) is 3.30. The van der Waals surface area contributed by atoms with Crippen LogP contribution >= 0.6 is 15.9 Å². The Morgan fingerprint density at radius 2 is 1.38 bits per heavy atom. The van der Waals surface area contributed by atoms with Crippen molar-refractivity contribution in [2.24, 2.45) is 0 Å². The van der Waals surface area contributed by atoms with Crippen LogP contribution in [0.4, 0.5) is 5.69 Å². The van der Waals surface area contributed by atoms with Gasteiger partial charge >= 0.3 is 0 Å². The largest absolute Gasteiger partial charge is 0.369 e. The molecule has 2 aliphatic heterocycles. The van der Waals surface area contributed by atoms with Crippen LogP contribution in [-0.4, -0.2) is 48.4 Å². The van der Waals surface area contributed by atoms with Gasteiger partial charge in [0.15, 0.2) is 0 Å². The molecule has 6 rings (SSSR count). The molecule has 0 bridgehead atoms. The maximum atomic E-state index is 13.2. The van der Waals surface area contributed by atoms with Crippen LogP contribution in [0.3, 0.4) is 0 Å². The number of halogens is 1. The van der Waals surface area contributed by atoms with Gasteiger partial charge in [-0.2, -0.15) is 0 Å². The number of carbonyl (C=O) groups excluding carboxylic acids is 1. The molecule has 0 aromatic heterocycles. The molecule has 39 heavy (non-hydrogen) atoms. The third-order valence-corrected chi connectivity index (χ3v) is 8.66. The standard InChI is InChI=1S/C34H34BrN3O/c35-30-14-11-26(12-15-30)24-38-25-29-13-16-31(23-33(29)34(38)39)37-21-19-36(20-22-37)18-17-32(27-7-3-1-4-8-27)28-9-5-2-6-10-28/h1-16,23,32H,17-22,24-25H2. The molecular formula is C34H34BrN3O. The maximum Gasteiger partial charge on any atom is 0.254 e. The van der Waals surface area contributed by atoms with Crippen molar-refractivity contribution in [2.45, 2.75) is 25.4 Å². The third kappa shape index (κ3) is 5.95. The van der Waals surface area contributed by atoms with Crippen molar-refractivity contribution in [2.75, 3.05) is 37.6 Å². The monoisotopic (exact) mass is 579 g/mol. The molecule has 0 N–H and O–H groups in total. The van der Waals surface area contributed by atoms with E-state index in [4.69, 9.17) is 0 Å². The van der Waals surface area contributed by atoms with Gasteiger partial charge in [-0.25, -0.2) is 0 Å². The summed E-state index contributed by atoms with van der Waals surface area (Å²) in [6.45, 7) is 6.45. The summed E-state index contributed by atoms with van der Waals surface area (Å²) in [5, 5.41) is 0. The summed E-state index contributed by atoms with van der Waals surface area (Å²) >= 11 is 3.49. The van der Waals surface area contributed by atoms with Gasteiger partial charge in [0.2, 0.25) is 0 Å². The minimum Gasteiger partial charge on any atom is -0.369 e. The van der Waals surface area contributed by atoms with Gasteiger partial charge < -0.3 is 9.80 Å². The van der Waals surface area contributed by atoms with Crippen molar-refractivity contribution >= 4 is 27.5 Å². The van der Waals surface area contributed by atoms with Gasteiger partial charge in [0, 0.05) is 60.9 Å². The minimum absolute atomic E-state index is 0.140. The Labute approximate surface area is 240 Å². The topological polar surface area (TPSA) is 26.8 Å². The highest BCUT2D eigenvalue weighted by Crippen LogP contribution is 2.31. The molecule has 0 saturated carbocycles. The summed E-state index contributed by atoms with van der Waals surface area (Å²) in [6.07, 6.45) is 1.11. The number of rotatable bonds is 8. The maximum absolute atomic E-state index is 13.2. The summed E-state index contributed by atoms with van der Waals surface area (Å²) in [7, 11) is 0. The van der Waals surface area contributed by atoms with Crippen LogP contribution in [0.25, 0.3) is 0 Å². The first-order valence-electron chi connectivity index (χ1n) is 13.9. The molecule has 1 fully saturated rings. The first-order chi connectivity index (χ1) is 19.1. The molecule has 4 aromatic carbocycles. The average molecular weight is 581 g/mol. The number of piperazine rings is 1. The van der Waals surface area contributed by atoms with Crippen molar-refractivity contribution in [3.63, 3.8) is 0 Å². The Bertz CT molecular complexity index is 1360. The molecule has 0 spiro atoms. The van der Waals surface area contributed by atoms with E-state index in [2.05, 4.69) is 117 Å². The van der Waals surface area contributed by atoms with E-state index in [1.807, 2.05) is 17.0 Å². The van der Waals surface area contributed by atoms with E-state index < -0.39 is 0 Å². The second-order valence-corrected chi connectivity index (χ2v) is 11.5. The van der Waals surface area contributed by atoms with Crippen LogP contribution < -0.4 is 4.90 Å². The zero-order valence-corrected chi connectivity index (χ0v) is 23.8. The van der Waals surface area contributed by atoms with E-state index in [-0.39, 0.29) is 5.91 Å². The lowest BCUT2D eigenvalue weighted by Gasteiger charge is -2.37. The molecule has 0 aliphatic carbocycles. The Morgan fingerprint density at radius 1 is 0.744 bits per heavy atom. The summed E-state index contributed by atoms with van der Waals surface area (Å²) in [5.74, 6) is 0.551. The zero-order valence-electron chi connectivity index (χ0n) is 22.2. The van der Waals surface area contributed by atoms with E-state index in [1.165, 1.54) is 16.8 Å². The molecular weight excluding hydrogens is 546 g/mol. The first kappa shape index (κ1) is 25.8. The van der Waals surface area contributed by atoms with Gasteiger partial charge in [-0.15, -0.1) is 0 Å². The van der Waals surface area contributed by atoms with Crippen LogP contribution in [0, 0.1) is 0 Å². The summed E-state index contributed by atoms with van der Waals surface area (Å²) in [5.41, 5.74) is 7.09. The number of hydrogen-bond donors (Lipinski definition) is 0. The molecule has 2 heterocycles.